The highest BCUT2D eigenvalue weighted by Gasteiger charge is 2.27. The number of aryl methyl sites for hydroxylation is 1. The van der Waals surface area contributed by atoms with Crippen LogP contribution in [0, 0.1) is 11.8 Å². The number of carbonyl (C=O) groups excluding carboxylic acids is 3. The number of rotatable bonds is 9. The lowest BCUT2D eigenvalue weighted by molar-refractivity contribution is -0.120. The molecular weight excluding hydrogens is 344 g/mol. The van der Waals surface area contributed by atoms with E-state index in [1.807, 2.05) is 32.3 Å². The molecule has 25 heavy (non-hydrogen) atoms. The minimum atomic E-state index is -0.887. The molecule has 1 atom stereocenters. The van der Waals surface area contributed by atoms with Gasteiger partial charge in [0.25, 0.3) is 0 Å². The predicted molar refractivity (Wildman–Crippen MR) is 94.6 cm³/mol. The Kier molecular flexibility index (Phi) is 7.88. The number of nitrogens with two attached hydrogens (primary N) is 2. The van der Waals surface area contributed by atoms with Gasteiger partial charge >= 0.3 is 6.03 Å². The third-order valence-electron chi connectivity index (χ3n) is 3.28. The number of nitrogens with one attached hydrogen (secondary N) is 1. The maximum Gasteiger partial charge on any atom is 0.318 e. The van der Waals surface area contributed by atoms with E-state index in [9.17, 15) is 14.4 Å². The van der Waals surface area contributed by atoms with Gasteiger partial charge in [0.1, 0.15) is 5.82 Å². The van der Waals surface area contributed by atoms with Crippen molar-refractivity contribution in [2.24, 2.45) is 23.3 Å². The number of hydrogen-bond donors (Lipinski definition) is 3. The Hall–Kier alpha value is -2.10. The fraction of sp³-hybridized carbons (Fsp3) is 0.667. The number of imide groups is 1. The summed E-state index contributed by atoms with van der Waals surface area (Å²) in [5.74, 6) is 0.0366. The van der Waals surface area contributed by atoms with Gasteiger partial charge in [0.05, 0.1) is 5.25 Å². The Morgan fingerprint density at radius 1 is 1.16 bits per heavy atom. The van der Waals surface area contributed by atoms with Gasteiger partial charge in [0.2, 0.25) is 11.8 Å². The Bertz CT molecular complexity index is 629. The van der Waals surface area contributed by atoms with Crippen LogP contribution >= 0.6 is 11.8 Å². The molecule has 1 unspecified atom stereocenters. The average Bonchev–Trinajstić information content (AvgIpc) is 2.82. The quantitative estimate of drug-likeness (QED) is 0.544. The number of aromatic nitrogens is 3. The van der Waals surface area contributed by atoms with Crippen molar-refractivity contribution in [1.29, 1.82) is 0 Å². The molecule has 0 aliphatic heterocycles. The smallest absolute Gasteiger partial charge is 0.318 e. The molecule has 0 bridgehead atoms. The van der Waals surface area contributed by atoms with Crippen molar-refractivity contribution in [2.45, 2.75) is 57.5 Å². The van der Waals surface area contributed by atoms with Crippen molar-refractivity contribution in [3.63, 3.8) is 0 Å². The highest BCUT2D eigenvalue weighted by Crippen LogP contribution is 2.28. The van der Waals surface area contributed by atoms with E-state index in [4.69, 9.17) is 11.5 Å². The van der Waals surface area contributed by atoms with Crippen LogP contribution in [0.5, 0.6) is 0 Å². The summed E-state index contributed by atoms with van der Waals surface area (Å²) in [5, 5.41) is 10.4. The van der Waals surface area contributed by atoms with Crippen molar-refractivity contribution in [3.8, 4) is 0 Å². The van der Waals surface area contributed by atoms with Gasteiger partial charge in [-0.25, -0.2) is 4.79 Å². The van der Waals surface area contributed by atoms with Gasteiger partial charge in [-0.1, -0.05) is 39.5 Å². The highest BCUT2D eigenvalue weighted by atomic mass is 32.2. The largest absolute Gasteiger partial charge is 0.370 e. The predicted octanol–water partition coefficient (Wildman–Crippen LogP) is 0.664. The standard InChI is InChI=1S/C15H26N6O3S/c1-8(2)7-21-11(6-5-10(16)22)19-20-15(21)25-12(9(3)4)13(23)18-14(17)24/h8-9,12H,5-7H2,1-4H3,(H2,16,22)(H3,17,18,23,24). The van der Waals surface area contributed by atoms with Crippen LogP contribution in [-0.4, -0.2) is 37.9 Å². The van der Waals surface area contributed by atoms with Crippen LogP contribution < -0.4 is 16.8 Å². The monoisotopic (exact) mass is 370 g/mol. The van der Waals surface area contributed by atoms with E-state index in [1.54, 1.807) is 0 Å². The maximum atomic E-state index is 12.2. The molecule has 1 aromatic heterocycles. The second-order valence-electron chi connectivity index (χ2n) is 6.51. The summed E-state index contributed by atoms with van der Waals surface area (Å²) in [7, 11) is 0. The third-order valence-corrected chi connectivity index (χ3v) is 4.80. The average molecular weight is 370 g/mol. The minimum Gasteiger partial charge on any atom is -0.370 e. The Morgan fingerprint density at radius 2 is 1.80 bits per heavy atom. The van der Waals surface area contributed by atoms with E-state index in [2.05, 4.69) is 15.5 Å². The zero-order chi connectivity index (χ0) is 19.1. The Balaban J connectivity index is 3.06. The lowest BCUT2D eigenvalue weighted by atomic mass is 10.1. The first-order chi connectivity index (χ1) is 11.6. The Labute approximate surface area is 151 Å². The van der Waals surface area contributed by atoms with Crippen LogP contribution in [0.2, 0.25) is 0 Å². The van der Waals surface area contributed by atoms with Gasteiger partial charge in [0, 0.05) is 19.4 Å². The molecule has 140 valence electrons. The molecule has 0 spiro atoms. The number of hydrogen-bond acceptors (Lipinski definition) is 6. The van der Waals surface area contributed by atoms with Crippen molar-refractivity contribution >= 4 is 29.6 Å². The van der Waals surface area contributed by atoms with E-state index in [0.717, 1.165) is 0 Å². The van der Waals surface area contributed by atoms with Gasteiger partial charge in [-0.3, -0.25) is 14.9 Å². The van der Waals surface area contributed by atoms with E-state index >= 15 is 0 Å². The van der Waals surface area contributed by atoms with Crippen molar-refractivity contribution < 1.29 is 14.4 Å². The molecule has 0 aromatic carbocycles. The molecule has 1 rings (SSSR count). The number of urea groups is 1. The lowest BCUT2D eigenvalue weighted by Gasteiger charge is -2.19. The first kappa shape index (κ1) is 20.9. The summed E-state index contributed by atoms with van der Waals surface area (Å²) in [5.41, 5.74) is 10.2. The van der Waals surface area contributed by atoms with Crippen LogP contribution in [0.25, 0.3) is 0 Å². The van der Waals surface area contributed by atoms with Crippen LogP contribution in [0.15, 0.2) is 5.16 Å². The number of carbonyl (C=O) groups is 3. The molecule has 0 saturated carbocycles. The molecular formula is C15H26N6O3S. The molecule has 0 aliphatic rings. The topological polar surface area (TPSA) is 146 Å². The minimum absolute atomic E-state index is 0.0531. The second-order valence-corrected chi connectivity index (χ2v) is 7.61. The van der Waals surface area contributed by atoms with Gasteiger partial charge in [-0.05, 0) is 11.8 Å². The maximum absolute atomic E-state index is 12.2. The van der Waals surface area contributed by atoms with E-state index in [0.29, 0.717) is 29.9 Å². The van der Waals surface area contributed by atoms with E-state index in [-0.39, 0.29) is 12.3 Å². The van der Waals surface area contributed by atoms with Gasteiger partial charge in [0.15, 0.2) is 5.16 Å². The molecule has 0 saturated heterocycles. The van der Waals surface area contributed by atoms with Gasteiger partial charge < -0.3 is 16.0 Å². The first-order valence-corrected chi connectivity index (χ1v) is 8.97. The van der Waals surface area contributed by atoms with Gasteiger partial charge in [-0.2, -0.15) is 0 Å². The zero-order valence-corrected chi connectivity index (χ0v) is 15.8. The fourth-order valence-corrected chi connectivity index (χ4v) is 3.23. The fourth-order valence-electron chi connectivity index (χ4n) is 2.17. The summed E-state index contributed by atoms with van der Waals surface area (Å²) in [6, 6.07) is -0.887. The molecule has 10 heteroatoms. The van der Waals surface area contributed by atoms with E-state index < -0.39 is 23.1 Å². The van der Waals surface area contributed by atoms with Crippen molar-refractivity contribution in [3.05, 3.63) is 5.82 Å². The molecule has 5 N–H and O–H groups in total. The highest BCUT2D eigenvalue weighted by molar-refractivity contribution is 8.00. The SMILES string of the molecule is CC(C)Cn1c(CCC(N)=O)nnc1SC(C(=O)NC(N)=O)C(C)C. The second kappa shape index (κ2) is 9.40. The number of amides is 4. The molecule has 1 aromatic rings. The van der Waals surface area contributed by atoms with Crippen molar-refractivity contribution in [2.75, 3.05) is 0 Å². The summed E-state index contributed by atoms with van der Waals surface area (Å²) in [6.07, 6.45) is 0.562. The van der Waals surface area contributed by atoms with Crippen molar-refractivity contribution in [1.82, 2.24) is 20.1 Å². The number of thioether (sulfide) groups is 1. The summed E-state index contributed by atoms with van der Waals surface area (Å²) in [6.45, 7) is 8.48. The Morgan fingerprint density at radius 3 is 2.28 bits per heavy atom. The molecule has 4 amide bonds. The number of primary amides is 2. The summed E-state index contributed by atoms with van der Waals surface area (Å²) < 4.78 is 1.89. The summed E-state index contributed by atoms with van der Waals surface area (Å²) >= 11 is 1.22. The van der Waals surface area contributed by atoms with Crippen LogP contribution in [0.1, 0.15) is 39.9 Å². The molecule has 1 heterocycles. The van der Waals surface area contributed by atoms with Crippen LogP contribution in [-0.2, 0) is 22.6 Å². The zero-order valence-electron chi connectivity index (χ0n) is 15.0. The molecule has 0 fully saturated rings. The third kappa shape index (κ3) is 6.73. The van der Waals surface area contributed by atoms with Crippen LogP contribution in [0.4, 0.5) is 4.79 Å². The van der Waals surface area contributed by atoms with Gasteiger partial charge in [-0.15, -0.1) is 10.2 Å². The van der Waals surface area contributed by atoms with Crippen LogP contribution in [0.3, 0.4) is 0 Å². The first-order valence-electron chi connectivity index (χ1n) is 8.09. The van der Waals surface area contributed by atoms with E-state index in [1.165, 1.54) is 11.8 Å². The molecule has 9 nitrogen and oxygen atoms in total. The molecule has 0 aliphatic carbocycles. The molecule has 0 radical (unpaired) electrons. The summed E-state index contributed by atoms with van der Waals surface area (Å²) in [4.78, 5) is 34.2. The lowest BCUT2D eigenvalue weighted by Crippen LogP contribution is -2.42. The number of nitrogens with zero attached hydrogens (tertiary/aromatic N) is 3. The normalized spacial score (nSPS) is 12.4.